The summed E-state index contributed by atoms with van der Waals surface area (Å²) in [6.07, 6.45) is 0. The zero-order chi connectivity index (χ0) is 7.40. The van der Waals surface area contributed by atoms with Crippen molar-refractivity contribution in [1.82, 2.24) is 5.16 Å². The van der Waals surface area contributed by atoms with Crippen molar-refractivity contribution < 1.29 is 9.26 Å². The second-order valence-corrected chi connectivity index (χ2v) is 1.72. The predicted molar refractivity (Wildman–Crippen MR) is 31.9 cm³/mol. The molecule has 0 spiro atoms. The van der Waals surface area contributed by atoms with E-state index in [1.54, 1.807) is 13.2 Å². The second kappa shape index (κ2) is 2.99. The molecule has 0 saturated heterocycles. The van der Waals surface area contributed by atoms with E-state index in [0.717, 1.165) is 0 Å². The molecule has 0 bridgehead atoms. The van der Waals surface area contributed by atoms with Crippen molar-refractivity contribution in [3.8, 4) is 6.07 Å². The van der Waals surface area contributed by atoms with Gasteiger partial charge in [-0.1, -0.05) is 5.16 Å². The minimum atomic E-state index is 0.284. The number of nitriles is 1. The second-order valence-electron chi connectivity index (χ2n) is 1.72. The molecule has 1 heterocycles. The maximum atomic E-state index is 8.31. The molecule has 0 N–H and O–H groups in total. The van der Waals surface area contributed by atoms with Crippen molar-refractivity contribution in [3.63, 3.8) is 0 Å². The highest BCUT2D eigenvalue weighted by Crippen LogP contribution is 2.02. The van der Waals surface area contributed by atoms with Crippen molar-refractivity contribution in [1.29, 1.82) is 5.26 Å². The zero-order valence-corrected chi connectivity index (χ0v) is 5.50. The Balaban J connectivity index is 2.71. The van der Waals surface area contributed by atoms with Gasteiger partial charge in [0.1, 0.15) is 12.7 Å². The predicted octanol–water partition coefficient (Wildman–Crippen LogP) is 0.693. The molecule has 0 saturated carbocycles. The average Bonchev–Trinajstić information content (AvgIpc) is 2.37. The van der Waals surface area contributed by atoms with Crippen molar-refractivity contribution in [3.05, 3.63) is 17.5 Å². The fourth-order valence-corrected chi connectivity index (χ4v) is 0.576. The Hall–Kier alpha value is -1.34. The molecule has 4 nitrogen and oxygen atoms in total. The third-order valence-corrected chi connectivity index (χ3v) is 0.960. The summed E-state index contributed by atoms with van der Waals surface area (Å²) >= 11 is 0. The first-order valence-corrected chi connectivity index (χ1v) is 2.71. The summed E-state index contributed by atoms with van der Waals surface area (Å²) in [5.41, 5.74) is 0.284. The normalized spacial score (nSPS) is 9.20. The number of rotatable bonds is 2. The zero-order valence-electron chi connectivity index (χ0n) is 5.50. The van der Waals surface area contributed by atoms with Gasteiger partial charge in [0.2, 0.25) is 0 Å². The molecular weight excluding hydrogens is 132 g/mol. The smallest absolute Gasteiger partial charge is 0.183 e. The van der Waals surface area contributed by atoms with Gasteiger partial charge in [-0.05, 0) is 0 Å². The number of aromatic nitrogens is 1. The Bertz CT molecular complexity index is 248. The molecule has 1 rings (SSSR count). The van der Waals surface area contributed by atoms with Crippen LogP contribution in [0.1, 0.15) is 11.5 Å². The standard InChI is InChI=1S/C6H6N2O2/c1-9-4-6-2-5(3-7)8-10-6/h2H,4H2,1H3. The van der Waals surface area contributed by atoms with Crippen LogP contribution in [0.25, 0.3) is 0 Å². The minimum Gasteiger partial charge on any atom is -0.377 e. The molecule has 52 valence electrons. The van der Waals surface area contributed by atoms with E-state index in [1.165, 1.54) is 0 Å². The van der Waals surface area contributed by atoms with Gasteiger partial charge in [0.05, 0.1) is 0 Å². The highest BCUT2D eigenvalue weighted by Gasteiger charge is 2.00. The van der Waals surface area contributed by atoms with Crippen LogP contribution in [0.3, 0.4) is 0 Å². The summed E-state index contributed by atoms with van der Waals surface area (Å²) in [5, 5.41) is 11.7. The van der Waals surface area contributed by atoms with Gasteiger partial charge in [-0.2, -0.15) is 5.26 Å². The average molecular weight is 138 g/mol. The summed E-state index contributed by atoms with van der Waals surface area (Å²) in [7, 11) is 1.55. The quantitative estimate of drug-likeness (QED) is 0.603. The van der Waals surface area contributed by atoms with E-state index in [2.05, 4.69) is 5.16 Å². The topological polar surface area (TPSA) is 59.0 Å². The molecule has 0 atom stereocenters. The first-order chi connectivity index (χ1) is 4.86. The Morgan fingerprint density at radius 3 is 3.20 bits per heavy atom. The fourth-order valence-electron chi connectivity index (χ4n) is 0.576. The third kappa shape index (κ3) is 1.33. The SMILES string of the molecule is COCc1cc(C#N)no1. The van der Waals surface area contributed by atoms with Gasteiger partial charge in [-0.15, -0.1) is 0 Å². The van der Waals surface area contributed by atoms with Gasteiger partial charge in [0, 0.05) is 13.2 Å². The van der Waals surface area contributed by atoms with E-state index in [4.69, 9.17) is 14.5 Å². The van der Waals surface area contributed by atoms with E-state index in [9.17, 15) is 0 Å². The van der Waals surface area contributed by atoms with Gasteiger partial charge < -0.3 is 9.26 Å². The number of hydrogen-bond acceptors (Lipinski definition) is 4. The molecule has 0 amide bonds. The van der Waals surface area contributed by atoms with Crippen LogP contribution in [0.4, 0.5) is 0 Å². The lowest BCUT2D eigenvalue weighted by molar-refractivity contribution is 0.156. The Labute approximate surface area is 58.0 Å². The highest BCUT2D eigenvalue weighted by molar-refractivity contribution is 5.18. The minimum absolute atomic E-state index is 0.284. The van der Waals surface area contributed by atoms with E-state index in [0.29, 0.717) is 12.4 Å². The molecule has 0 aromatic carbocycles. The van der Waals surface area contributed by atoms with Gasteiger partial charge in [0.15, 0.2) is 11.5 Å². The van der Waals surface area contributed by atoms with E-state index in [1.807, 2.05) is 6.07 Å². The Kier molecular flexibility index (Phi) is 2.03. The monoisotopic (exact) mass is 138 g/mol. The van der Waals surface area contributed by atoms with Gasteiger partial charge in [0.25, 0.3) is 0 Å². The maximum absolute atomic E-state index is 8.31. The van der Waals surface area contributed by atoms with E-state index < -0.39 is 0 Å². The van der Waals surface area contributed by atoms with Crippen molar-refractivity contribution in [2.45, 2.75) is 6.61 Å². The number of nitrogens with zero attached hydrogens (tertiary/aromatic N) is 2. The molecule has 0 fully saturated rings. The molecule has 0 unspecified atom stereocenters. The molecular formula is C6H6N2O2. The van der Waals surface area contributed by atoms with Gasteiger partial charge >= 0.3 is 0 Å². The van der Waals surface area contributed by atoms with Crippen LogP contribution in [0.2, 0.25) is 0 Å². The number of ether oxygens (including phenoxy) is 1. The Morgan fingerprint density at radius 2 is 2.70 bits per heavy atom. The molecule has 1 aromatic heterocycles. The lowest BCUT2D eigenvalue weighted by Crippen LogP contribution is -1.81. The summed E-state index contributed by atoms with van der Waals surface area (Å²) in [6.45, 7) is 0.356. The maximum Gasteiger partial charge on any atom is 0.183 e. The molecule has 0 aliphatic heterocycles. The Morgan fingerprint density at radius 1 is 1.90 bits per heavy atom. The first kappa shape index (κ1) is 6.78. The largest absolute Gasteiger partial charge is 0.377 e. The number of hydrogen-bond donors (Lipinski definition) is 0. The molecule has 0 radical (unpaired) electrons. The van der Waals surface area contributed by atoms with Gasteiger partial charge in [-0.3, -0.25) is 0 Å². The number of methoxy groups -OCH3 is 1. The van der Waals surface area contributed by atoms with Crippen LogP contribution in [-0.2, 0) is 11.3 Å². The van der Waals surface area contributed by atoms with E-state index in [-0.39, 0.29) is 5.69 Å². The van der Waals surface area contributed by atoms with Crippen LogP contribution in [0.5, 0.6) is 0 Å². The summed E-state index contributed by atoms with van der Waals surface area (Å²) in [5.74, 6) is 0.569. The highest BCUT2D eigenvalue weighted by atomic mass is 16.5. The van der Waals surface area contributed by atoms with Crippen molar-refractivity contribution in [2.75, 3.05) is 7.11 Å². The molecule has 10 heavy (non-hydrogen) atoms. The summed E-state index contributed by atoms with van der Waals surface area (Å²) in [4.78, 5) is 0. The molecule has 0 aliphatic carbocycles. The van der Waals surface area contributed by atoms with Crippen molar-refractivity contribution >= 4 is 0 Å². The van der Waals surface area contributed by atoms with Gasteiger partial charge in [-0.25, -0.2) is 0 Å². The van der Waals surface area contributed by atoms with Crippen LogP contribution >= 0.6 is 0 Å². The van der Waals surface area contributed by atoms with E-state index >= 15 is 0 Å². The lowest BCUT2D eigenvalue weighted by Gasteiger charge is -1.86. The first-order valence-electron chi connectivity index (χ1n) is 2.71. The van der Waals surface area contributed by atoms with Crippen LogP contribution < -0.4 is 0 Å². The molecule has 4 heteroatoms. The van der Waals surface area contributed by atoms with Crippen molar-refractivity contribution in [2.24, 2.45) is 0 Å². The summed E-state index contributed by atoms with van der Waals surface area (Å²) in [6, 6.07) is 3.39. The molecule has 1 aromatic rings. The molecule has 0 aliphatic rings. The lowest BCUT2D eigenvalue weighted by atomic mass is 10.4. The summed E-state index contributed by atoms with van der Waals surface area (Å²) < 4.78 is 9.44. The van der Waals surface area contributed by atoms with Crippen LogP contribution in [-0.4, -0.2) is 12.3 Å². The third-order valence-electron chi connectivity index (χ3n) is 0.960. The fraction of sp³-hybridized carbons (Fsp3) is 0.333. The van der Waals surface area contributed by atoms with Crippen LogP contribution in [0.15, 0.2) is 10.6 Å². The van der Waals surface area contributed by atoms with Crippen LogP contribution in [0, 0.1) is 11.3 Å².